The maximum absolute atomic E-state index is 11.2. The molecule has 0 aliphatic carbocycles. The molecule has 4 aromatic heterocycles. The average Bonchev–Trinajstić information content (AvgIpc) is 4.03. The van der Waals surface area contributed by atoms with E-state index in [1.165, 1.54) is 21.9 Å². The molecule has 0 amide bonds. The molecule has 4 heterocycles. The van der Waals surface area contributed by atoms with Gasteiger partial charge in [-0.25, -0.2) is 0 Å². The van der Waals surface area contributed by atoms with Crippen LogP contribution in [0.15, 0.2) is 156 Å². The van der Waals surface area contributed by atoms with E-state index in [4.69, 9.17) is 4.42 Å². The van der Waals surface area contributed by atoms with Crippen molar-refractivity contribution < 1.29 is 4.42 Å². The molecule has 12 rings (SSSR count). The normalized spacial score (nSPS) is 12.5. The number of aromatic nitrogens is 3. The smallest absolute Gasteiger partial charge is 0.145 e. The number of nitrogens with zero attached hydrogens (tertiary/aromatic N) is 5. The molecule has 0 aliphatic heterocycles. The van der Waals surface area contributed by atoms with Crippen molar-refractivity contribution in [3.05, 3.63) is 174 Å². The van der Waals surface area contributed by atoms with Gasteiger partial charge in [0.2, 0.25) is 0 Å². The van der Waals surface area contributed by atoms with E-state index in [1.807, 2.05) is 18.2 Å². The van der Waals surface area contributed by atoms with Crippen molar-refractivity contribution in [3.8, 4) is 29.2 Å². The zero-order chi connectivity index (χ0) is 43.8. The molecule has 0 fully saturated rings. The van der Waals surface area contributed by atoms with Crippen LogP contribution in [0.25, 0.3) is 104 Å². The Labute approximate surface area is 370 Å². The molecule has 0 aliphatic rings. The van der Waals surface area contributed by atoms with Crippen molar-refractivity contribution in [2.24, 2.45) is 0 Å². The van der Waals surface area contributed by atoms with Gasteiger partial charge < -0.3 is 18.1 Å². The van der Waals surface area contributed by atoms with E-state index < -0.39 is 0 Å². The molecule has 0 radical (unpaired) electrons. The van der Waals surface area contributed by atoms with E-state index >= 15 is 0 Å². The first-order valence-electron chi connectivity index (χ1n) is 21.9. The second kappa shape index (κ2) is 13.2. The zero-order valence-corrected chi connectivity index (χ0v) is 36.6. The summed E-state index contributed by atoms with van der Waals surface area (Å²) in [6.45, 7) is 13.4. The summed E-state index contributed by atoms with van der Waals surface area (Å²) in [7, 11) is 0. The molecule has 0 bridgehead atoms. The molecule has 6 heteroatoms. The number of rotatable bonds is 3. The molecule has 0 N–H and O–H groups in total. The lowest BCUT2D eigenvalue weighted by Crippen LogP contribution is -2.11. The second-order valence-corrected chi connectivity index (χ2v) is 19.2. The van der Waals surface area contributed by atoms with Crippen molar-refractivity contribution in [2.75, 3.05) is 0 Å². The highest BCUT2D eigenvalue weighted by atomic mass is 16.3. The number of furan rings is 1. The van der Waals surface area contributed by atoms with Gasteiger partial charge in [0.15, 0.2) is 0 Å². The van der Waals surface area contributed by atoms with Crippen LogP contribution in [-0.4, -0.2) is 13.7 Å². The third-order valence-corrected chi connectivity index (χ3v) is 13.4. The van der Waals surface area contributed by atoms with Crippen molar-refractivity contribution in [2.45, 2.75) is 52.4 Å². The van der Waals surface area contributed by atoms with Gasteiger partial charge in [0.25, 0.3) is 0 Å². The minimum atomic E-state index is -0.0863. The van der Waals surface area contributed by atoms with Crippen molar-refractivity contribution >= 4 is 87.4 Å². The van der Waals surface area contributed by atoms with Gasteiger partial charge in [-0.1, -0.05) is 108 Å². The Morgan fingerprint density at radius 1 is 0.406 bits per heavy atom. The SMILES string of the molecule is CC(C)(C)c1ccc2c(c1)c1cc(C(C)(C)C)ccc1n2-c1c(C#N)ccc(C#N)c1-n1c2ccc(-n3c4ccccc4c4ccccc43)cc2c2c3oc4ccccc4c3ccc21. The summed E-state index contributed by atoms with van der Waals surface area (Å²) >= 11 is 0. The van der Waals surface area contributed by atoms with Crippen LogP contribution in [0.2, 0.25) is 0 Å². The van der Waals surface area contributed by atoms with Crippen molar-refractivity contribution in [1.29, 1.82) is 10.5 Å². The maximum Gasteiger partial charge on any atom is 0.145 e. The lowest BCUT2D eigenvalue weighted by molar-refractivity contribution is 0.590. The van der Waals surface area contributed by atoms with E-state index in [0.29, 0.717) is 22.5 Å². The fourth-order valence-electron chi connectivity index (χ4n) is 10.3. The first-order valence-corrected chi connectivity index (χ1v) is 21.9. The van der Waals surface area contributed by atoms with Gasteiger partial charge in [-0.2, -0.15) is 10.5 Å². The Bertz CT molecular complexity index is 3940. The van der Waals surface area contributed by atoms with E-state index in [-0.39, 0.29) is 10.8 Å². The van der Waals surface area contributed by atoms with Crippen LogP contribution in [-0.2, 0) is 10.8 Å². The summed E-state index contributed by atoms with van der Waals surface area (Å²) in [6.07, 6.45) is 0. The number of hydrogen-bond donors (Lipinski definition) is 0. The van der Waals surface area contributed by atoms with Crippen molar-refractivity contribution in [3.63, 3.8) is 0 Å². The Morgan fingerprint density at radius 2 is 0.875 bits per heavy atom. The minimum Gasteiger partial charge on any atom is -0.455 e. The van der Waals surface area contributed by atoms with Gasteiger partial charge in [0.1, 0.15) is 23.3 Å². The van der Waals surface area contributed by atoms with Gasteiger partial charge in [0, 0.05) is 43.4 Å². The Hall–Kier alpha value is -8.06. The number of para-hydroxylation sites is 3. The van der Waals surface area contributed by atoms with Crippen LogP contribution in [0.5, 0.6) is 0 Å². The number of fused-ring (bicyclic) bond motifs is 13. The quantitative estimate of drug-likeness (QED) is 0.178. The summed E-state index contributed by atoms with van der Waals surface area (Å²) in [5, 5.41) is 30.9. The molecule has 64 heavy (non-hydrogen) atoms. The first-order chi connectivity index (χ1) is 30.9. The summed E-state index contributed by atoms with van der Waals surface area (Å²) in [6, 6.07) is 58.4. The van der Waals surface area contributed by atoms with Gasteiger partial charge in [-0.3, -0.25) is 0 Å². The number of benzene rings is 8. The molecule has 8 aromatic carbocycles. The highest BCUT2D eigenvalue weighted by Crippen LogP contribution is 2.46. The molecule has 0 spiro atoms. The maximum atomic E-state index is 11.2. The van der Waals surface area contributed by atoms with E-state index in [9.17, 15) is 10.5 Å². The summed E-state index contributed by atoms with van der Waals surface area (Å²) < 4.78 is 13.6. The Kier molecular flexibility index (Phi) is 7.79. The van der Waals surface area contributed by atoms with Crippen LogP contribution in [0, 0.1) is 22.7 Å². The minimum absolute atomic E-state index is 0.0863. The van der Waals surface area contributed by atoms with Crippen LogP contribution in [0.1, 0.15) is 63.8 Å². The number of hydrogen-bond acceptors (Lipinski definition) is 3. The molecule has 6 nitrogen and oxygen atoms in total. The van der Waals surface area contributed by atoms with Gasteiger partial charge >= 0.3 is 0 Å². The van der Waals surface area contributed by atoms with Crippen LogP contribution < -0.4 is 0 Å². The first kappa shape index (κ1) is 37.7. The molecule has 0 unspecified atom stereocenters. The van der Waals surface area contributed by atoms with Crippen LogP contribution in [0.3, 0.4) is 0 Å². The lowest BCUT2D eigenvalue weighted by atomic mass is 9.85. The molecule has 12 aromatic rings. The van der Waals surface area contributed by atoms with Gasteiger partial charge in [-0.05, 0) is 107 Å². The fraction of sp³-hybridized carbons (Fsp3) is 0.138. The molecule has 0 atom stereocenters. The third kappa shape index (κ3) is 5.23. The summed E-state index contributed by atoms with van der Waals surface area (Å²) in [5.74, 6) is 0. The average molecular weight is 826 g/mol. The zero-order valence-electron chi connectivity index (χ0n) is 36.6. The summed E-state index contributed by atoms with van der Waals surface area (Å²) in [5.41, 5.74) is 13.0. The van der Waals surface area contributed by atoms with E-state index in [0.717, 1.165) is 82.3 Å². The second-order valence-electron chi connectivity index (χ2n) is 19.2. The standard InChI is InChI=1S/C58H43N5O/c1-57(2,3)36-21-25-48-43(29-36)44-30-37(58(4,5)6)22-26-49(44)62(48)54-34(32-59)19-20-35(33-60)55(54)63-50-27-23-38(61-46-16-10-7-13-39(46)40-14-8-11-17-47(40)61)31-45(50)53-51(63)28-24-42-41-15-9-12-18-52(41)64-56(42)53/h7-31H,1-6H3. The predicted molar refractivity (Wildman–Crippen MR) is 264 cm³/mol. The summed E-state index contributed by atoms with van der Waals surface area (Å²) in [4.78, 5) is 0. The van der Waals surface area contributed by atoms with Gasteiger partial charge in [-0.15, -0.1) is 0 Å². The molecule has 0 saturated carbocycles. The van der Waals surface area contributed by atoms with Crippen molar-refractivity contribution in [1.82, 2.24) is 13.7 Å². The van der Waals surface area contributed by atoms with E-state index in [1.54, 1.807) is 12.1 Å². The monoisotopic (exact) mass is 825 g/mol. The highest BCUT2D eigenvalue weighted by Gasteiger charge is 2.28. The van der Waals surface area contributed by atoms with Crippen LogP contribution >= 0.6 is 0 Å². The Balaban J connectivity index is 1.25. The fourth-order valence-corrected chi connectivity index (χ4v) is 10.3. The predicted octanol–water partition coefficient (Wildman–Crippen LogP) is 15.2. The van der Waals surface area contributed by atoms with E-state index in [2.05, 4.69) is 189 Å². The number of nitriles is 2. The molecular formula is C58H43N5O. The molecule has 0 saturated heterocycles. The topological polar surface area (TPSA) is 75.5 Å². The molecular weight excluding hydrogens is 783 g/mol. The van der Waals surface area contributed by atoms with Gasteiger partial charge in [0.05, 0.1) is 61.0 Å². The van der Waals surface area contributed by atoms with Crippen LogP contribution in [0.4, 0.5) is 0 Å². The Morgan fingerprint density at radius 3 is 1.44 bits per heavy atom. The lowest BCUT2D eigenvalue weighted by Gasteiger charge is -2.21. The third-order valence-electron chi connectivity index (χ3n) is 13.4. The largest absolute Gasteiger partial charge is 0.455 e. The highest BCUT2D eigenvalue weighted by molar-refractivity contribution is 6.24. The molecule has 306 valence electrons.